The molecule has 210 valence electrons. The number of halogens is 3. The zero-order valence-electron chi connectivity index (χ0n) is 20.9. The van der Waals surface area contributed by atoms with Gasteiger partial charge >= 0.3 is 24.3 Å². The Morgan fingerprint density at radius 1 is 0.850 bits per heavy atom. The molecule has 0 aliphatic rings. The molecule has 0 aliphatic heterocycles. The largest absolute Gasteiger partial charge is 0.573 e. The first-order chi connectivity index (χ1) is 18.9. The van der Waals surface area contributed by atoms with E-state index in [9.17, 15) is 27.6 Å². The van der Waals surface area contributed by atoms with Crippen molar-refractivity contribution in [3.63, 3.8) is 0 Å². The Labute approximate surface area is 226 Å². The third-order valence-corrected chi connectivity index (χ3v) is 5.46. The van der Waals surface area contributed by atoms with Gasteiger partial charge in [0.25, 0.3) is 0 Å². The molecule has 0 saturated carbocycles. The number of ether oxygens (including phenoxy) is 3. The van der Waals surface area contributed by atoms with Crippen LogP contribution in [0.4, 0.5) is 24.5 Å². The van der Waals surface area contributed by atoms with Gasteiger partial charge in [-0.25, -0.2) is 14.4 Å². The summed E-state index contributed by atoms with van der Waals surface area (Å²) in [5, 5.41) is 9.04. The van der Waals surface area contributed by atoms with Gasteiger partial charge in [-0.15, -0.1) is 13.2 Å². The lowest BCUT2D eigenvalue weighted by molar-refractivity contribution is -0.274. The number of rotatable bonds is 11. The van der Waals surface area contributed by atoms with Crippen LogP contribution in [0.15, 0.2) is 66.7 Å². The lowest BCUT2D eigenvalue weighted by Gasteiger charge is -2.10. The Kier molecular flexibility index (Phi) is 9.74. The first-order valence-corrected chi connectivity index (χ1v) is 11.9. The van der Waals surface area contributed by atoms with Crippen LogP contribution in [-0.2, 0) is 16.0 Å². The van der Waals surface area contributed by atoms with Gasteiger partial charge in [0.1, 0.15) is 11.5 Å². The fourth-order valence-corrected chi connectivity index (χ4v) is 3.52. The van der Waals surface area contributed by atoms with Gasteiger partial charge in [0.05, 0.1) is 17.7 Å². The molecule has 0 atom stereocenters. The highest BCUT2D eigenvalue weighted by molar-refractivity contribution is 5.92. The summed E-state index contributed by atoms with van der Waals surface area (Å²) in [6.07, 6.45) is -0.425. The van der Waals surface area contributed by atoms with E-state index in [-0.39, 0.29) is 23.5 Å². The average molecular weight is 559 g/mol. The summed E-state index contributed by atoms with van der Waals surface area (Å²) in [4.78, 5) is 35.3. The zero-order valence-corrected chi connectivity index (χ0v) is 20.9. The van der Waals surface area contributed by atoms with Crippen molar-refractivity contribution in [1.29, 1.82) is 0 Å². The summed E-state index contributed by atoms with van der Waals surface area (Å²) in [6, 6.07) is 13.2. The molecule has 0 amide bonds. The average Bonchev–Trinajstić information content (AvgIpc) is 2.88. The van der Waals surface area contributed by atoms with E-state index in [2.05, 4.69) is 4.74 Å². The number of carbonyl (C=O) groups excluding carboxylic acids is 2. The molecule has 0 unspecified atom stereocenters. The maximum absolute atomic E-state index is 12.2. The molecule has 0 bridgehead atoms. The standard InChI is InChI=1S/C28H25F3N2O7/c29-28(30,31)40-21-11-7-18(8-12-21)27(37)39-20-9-4-17(5-10-20)6-13-25(34)38-14-2-1-3-22-23(32)15-19(26(35)36)16-24(22)33/h4-13,15-16H,1-3,14,32-33H2,(H,35,36). The topological polar surface area (TPSA) is 151 Å². The molecule has 0 spiro atoms. The van der Waals surface area contributed by atoms with Crippen molar-refractivity contribution in [2.24, 2.45) is 0 Å². The number of alkyl halides is 3. The van der Waals surface area contributed by atoms with Crippen molar-refractivity contribution in [2.75, 3.05) is 18.1 Å². The van der Waals surface area contributed by atoms with E-state index in [1.54, 1.807) is 12.1 Å². The number of unbranched alkanes of at least 4 members (excludes halogenated alkanes) is 1. The molecule has 0 heterocycles. The maximum atomic E-state index is 12.2. The van der Waals surface area contributed by atoms with Gasteiger partial charge < -0.3 is 30.8 Å². The predicted molar refractivity (Wildman–Crippen MR) is 140 cm³/mol. The van der Waals surface area contributed by atoms with Gasteiger partial charge in [-0.1, -0.05) is 12.1 Å². The Morgan fingerprint density at radius 2 is 1.45 bits per heavy atom. The second-order valence-electron chi connectivity index (χ2n) is 8.43. The van der Waals surface area contributed by atoms with E-state index in [1.165, 1.54) is 36.4 Å². The van der Waals surface area contributed by atoms with Crippen molar-refractivity contribution < 1.29 is 46.9 Å². The van der Waals surface area contributed by atoms with Gasteiger partial charge in [0.2, 0.25) is 0 Å². The van der Waals surface area contributed by atoms with Crippen LogP contribution in [0.3, 0.4) is 0 Å². The Morgan fingerprint density at radius 3 is 2.02 bits per heavy atom. The quantitative estimate of drug-likeness (QED) is 0.0943. The van der Waals surface area contributed by atoms with Crippen LogP contribution >= 0.6 is 0 Å². The Balaban J connectivity index is 1.41. The molecular weight excluding hydrogens is 533 g/mol. The molecule has 0 fully saturated rings. The molecular formula is C28H25F3N2O7. The van der Waals surface area contributed by atoms with Crippen LogP contribution in [0.5, 0.6) is 11.5 Å². The summed E-state index contributed by atoms with van der Waals surface area (Å²) in [5.74, 6) is -2.71. The van der Waals surface area contributed by atoms with Crippen molar-refractivity contribution >= 4 is 35.4 Å². The molecule has 12 heteroatoms. The minimum absolute atomic E-state index is 0.0160. The van der Waals surface area contributed by atoms with Crippen LogP contribution in [0.1, 0.15) is 44.7 Å². The van der Waals surface area contributed by atoms with Crippen LogP contribution in [0.2, 0.25) is 0 Å². The molecule has 5 N–H and O–H groups in total. The molecule has 3 aromatic carbocycles. The maximum Gasteiger partial charge on any atom is 0.573 e. The van der Waals surface area contributed by atoms with Gasteiger partial charge in [-0.3, -0.25) is 0 Å². The molecule has 0 saturated heterocycles. The van der Waals surface area contributed by atoms with Crippen molar-refractivity contribution in [1.82, 2.24) is 0 Å². The van der Waals surface area contributed by atoms with Gasteiger partial charge in [-0.2, -0.15) is 0 Å². The highest BCUT2D eigenvalue weighted by Gasteiger charge is 2.31. The van der Waals surface area contributed by atoms with E-state index < -0.39 is 30.0 Å². The smallest absolute Gasteiger partial charge is 0.478 e. The minimum Gasteiger partial charge on any atom is -0.478 e. The molecule has 3 rings (SSSR count). The van der Waals surface area contributed by atoms with Crippen molar-refractivity contribution in [2.45, 2.75) is 25.6 Å². The Bertz CT molecular complexity index is 1360. The van der Waals surface area contributed by atoms with Gasteiger partial charge in [-0.05, 0) is 85.0 Å². The summed E-state index contributed by atoms with van der Waals surface area (Å²) in [5.41, 5.74) is 13.7. The van der Waals surface area contributed by atoms with Crippen LogP contribution in [0.25, 0.3) is 6.08 Å². The third kappa shape index (κ3) is 9.08. The SMILES string of the molecule is Nc1cc(C(=O)O)cc(N)c1CCCCOC(=O)C=Cc1ccc(OC(=O)c2ccc(OC(F)(F)F)cc2)cc1. The Hall–Kier alpha value is -5.00. The monoisotopic (exact) mass is 558 g/mol. The highest BCUT2D eigenvalue weighted by Crippen LogP contribution is 2.25. The van der Waals surface area contributed by atoms with Crippen molar-refractivity contribution in [3.05, 3.63) is 89.0 Å². The number of anilines is 2. The number of nitrogens with two attached hydrogens (primary N) is 2. The number of aromatic carboxylic acids is 1. The molecule has 0 aromatic heterocycles. The van der Waals surface area contributed by atoms with E-state index in [0.29, 0.717) is 41.8 Å². The number of hydrogen-bond donors (Lipinski definition) is 3. The van der Waals surface area contributed by atoms with E-state index in [4.69, 9.17) is 26.0 Å². The summed E-state index contributed by atoms with van der Waals surface area (Å²) >= 11 is 0. The lowest BCUT2D eigenvalue weighted by Crippen LogP contribution is -2.17. The molecule has 9 nitrogen and oxygen atoms in total. The first kappa shape index (κ1) is 29.6. The number of benzene rings is 3. The van der Waals surface area contributed by atoms with Gasteiger partial charge in [0, 0.05) is 17.5 Å². The van der Waals surface area contributed by atoms with E-state index in [0.717, 1.165) is 24.3 Å². The van der Waals surface area contributed by atoms with Crippen LogP contribution < -0.4 is 20.9 Å². The number of carboxylic acids is 1. The first-order valence-electron chi connectivity index (χ1n) is 11.9. The van der Waals surface area contributed by atoms with Crippen molar-refractivity contribution in [3.8, 4) is 11.5 Å². The highest BCUT2D eigenvalue weighted by atomic mass is 19.4. The van der Waals surface area contributed by atoms with E-state index >= 15 is 0 Å². The second kappa shape index (κ2) is 13.2. The number of nitrogen functional groups attached to an aromatic ring is 2. The molecule has 0 radical (unpaired) electrons. The van der Waals surface area contributed by atoms with Crippen LogP contribution in [0, 0.1) is 0 Å². The minimum atomic E-state index is -4.83. The summed E-state index contributed by atoms with van der Waals surface area (Å²) < 4.78 is 50.9. The fourth-order valence-electron chi connectivity index (χ4n) is 3.52. The normalized spacial score (nSPS) is 11.3. The molecule has 0 aliphatic carbocycles. The van der Waals surface area contributed by atoms with Gasteiger partial charge in [0.15, 0.2) is 0 Å². The molecule has 3 aromatic rings. The van der Waals surface area contributed by atoms with Crippen LogP contribution in [-0.4, -0.2) is 36.0 Å². The second-order valence-corrected chi connectivity index (χ2v) is 8.43. The zero-order chi connectivity index (χ0) is 29.3. The summed E-state index contributed by atoms with van der Waals surface area (Å²) in [7, 11) is 0. The fraction of sp³-hybridized carbons (Fsp3) is 0.179. The number of carboxylic acid groups (broad SMARTS) is 1. The van der Waals surface area contributed by atoms with E-state index in [1.807, 2.05) is 0 Å². The number of esters is 2. The number of hydrogen-bond acceptors (Lipinski definition) is 8. The lowest BCUT2D eigenvalue weighted by atomic mass is 10.0. The molecule has 40 heavy (non-hydrogen) atoms. The summed E-state index contributed by atoms with van der Waals surface area (Å²) in [6.45, 7) is 0.161. The number of carbonyl (C=O) groups is 3. The third-order valence-electron chi connectivity index (χ3n) is 5.46. The predicted octanol–water partition coefficient (Wildman–Crippen LogP) is 5.25.